The van der Waals surface area contributed by atoms with Gasteiger partial charge in [-0.1, -0.05) is 55.4 Å². The Bertz CT molecular complexity index is 975. The zero-order chi connectivity index (χ0) is 19.8. The van der Waals surface area contributed by atoms with E-state index in [2.05, 4.69) is 10.3 Å². The molecule has 0 radical (unpaired) electrons. The first-order valence-corrected chi connectivity index (χ1v) is 10.2. The summed E-state index contributed by atoms with van der Waals surface area (Å²) in [4.78, 5) is 28.8. The number of carbonyl (C=O) groups is 2. The molecular weight excluding hydrogens is 372 g/mol. The average Bonchev–Trinajstić information content (AvgIpc) is 2.72. The Kier molecular flexibility index (Phi) is 7.03. The molecule has 3 aromatic rings. The normalized spacial score (nSPS) is 10.6. The van der Waals surface area contributed by atoms with Crippen LogP contribution >= 0.6 is 11.8 Å². The number of nitrogens with zero attached hydrogens (tertiary/aromatic N) is 1. The van der Waals surface area contributed by atoms with Gasteiger partial charge in [-0.3, -0.25) is 4.79 Å². The third-order valence-electron chi connectivity index (χ3n) is 4.04. The molecule has 0 aliphatic heterocycles. The van der Waals surface area contributed by atoms with Gasteiger partial charge in [0.15, 0.2) is 0 Å². The second kappa shape index (κ2) is 9.90. The lowest BCUT2D eigenvalue weighted by Gasteiger charge is -2.08. The molecule has 3 rings (SSSR count). The Morgan fingerprint density at radius 3 is 2.79 bits per heavy atom. The summed E-state index contributed by atoms with van der Waals surface area (Å²) in [5, 5.41) is 4.68. The van der Waals surface area contributed by atoms with Gasteiger partial charge in [-0.25, -0.2) is 9.78 Å². The first-order valence-electron chi connectivity index (χ1n) is 9.21. The maximum absolute atomic E-state index is 12.3. The number of ether oxygens (including phenoxy) is 1. The highest BCUT2D eigenvalue weighted by Gasteiger charge is 2.10. The van der Waals surface area contributed by atoms with Crippen LogP contribution in [0.4, 0.5) is 5.69 Å². The van der Waals surface area contributed by atoms with Crippen LogP contribution in [-0.2, 0) is 9.53 Å². The zero-order valence-corrected chi connectivity index (χ0v) is 16.5. The lowest BCUT2D eigenvalue weighted by molar-refractivity contribution is -0.113. The Labute approximate surface area is 168 Å². The molecule has 0 aliphatic rings. The number of hydrogen-bond acceptors (Lipinski definition) is 5. The van der Waals surface area contributed by atoms with Crippen molar-refractivity contribution >= 4 is 40.2 Å². The predicted octanol–water partition coefficient (Wildman–Crippen LogP) is 4.92. The molecule has 28 heavy (non-hydrogen) atoms. The highest BCUT2D eigenvalue weighted by atomic mass is 32.2. The third kappa shape index (κ3) is 5.57. The van der Waals surface area contributed by atoms with E-state index in [0.717, 1.165) is 28.8 Å². The Hall–Kier alpha value is -2.86. The minimum absolute atomic E-state index is 0.156. The van der Waals surface area contributed by atoms with Gasteiger partial charge in [-0.15, -0.1) is 0 Å². The van der Waals surface area contributed by atoms with E-state index in [1.807, 2.05) is 43.3 Å². The molecule has 2 aromatic carbocycles. The summed E-state index contributed by atoms with van der Waals surface area (Å²) < 4.78 is 5.20. The smallest absolute Gasteiger partial charge is 0.338 e. The van der Waals surface area contributed by atoms with Crippen molar-refractivity contribution in [3.05, 3.63) is 66.2 Å². The number of para-hydroxylation sites is 1. The fraction of sp³-hybridized carbons (Fsp3) is 0.227. The molecule has 0 fully saturated rings. The van der Waals surface area contributed by atoms with Crippen LogP contribution in [0.2, 0.25) is 0 Å². The topological polar surface area (TPSA) is 68.3 Å². The number of hydrogen-bond donors (Lipinski definition) is 1. The number of esters is 1. The van der Waals surface area contributed by atoms with Gasteiger partial charge in [-0.2, -0.15) is 0 Å². The number of fused-ring (bicyclic) bond motifs is 1. The zero-order valence-electron chi connectivity index (χ0n) is 15.7. The number of nitrogens with one attached hydrogen (secondary N) is 1. The van der Waals surface area contributed by atoms with E-state index in [1.165, 1.54) is 11.8 Å². The number of thioether (sulfide) groups is 1. The molecule has 0 bridgehead atoms. The molecule has 0 saturated carbocycles. The average molecular weight is 394 g/mol. The van der Waals surface area contributed by atoms with Gasteiger partial charge in [0.1, 0.15) is 0 Å². The van der Waals surface area contributed by atoms with E-state index in [-0.39, 0.29) is 17.6 Å². The van der Waals surface area contributed by atoms with Crippen molar-refractivity contribution in [3.63, 3.8) is 0 Å². The van der Waals surface area contributed by atoms with Crippen molar-refractivity contribution in [3.8, 4) is 0 Å². The number of aromatic nitrogens is 1. The van der Waals surface area contributed by atoms with Crippen molar-refractivity contribution in [2.24, 2.45) is 0 Å². The van der Waals surface area contributed by atoms with Crippen molar-refractivity contribution in [2.45, 2.75) is 24.8 Å². The molecule has 144 valence electrons. The standard InChI is InChI=1S/C22H22N2O3S/c1-2-3-13-27-22(26)17-8-6-9-18(14-17)23-20(25)15-28-21-12-11-16-7-4-5-10-19(16)24-21/h4-12,14H,2-3,13,15H2,1H3,(H,23,25). The first-order chi connectivity index (χ1) is 13.7. The van der Waals surface area contributed by atoms with E-state index in [1.54, 1.807) is 24.3 Å². The van der Waals surface area contributed by atoms with E-state index in [0.29, 0.717) is 17.9 Å². The lowest BCUT2D eigenvalue weighted by atomic mass is 10.2. The molecule has 0 saturated heterocycles. The second-order valence-electron chi connectivity index (χ2n) is 6.25. The molecule has 0 atom stereocenters. The van der Waals surface area contributed by atoms with Gasteiger partial charge in [0, 0.05) is 11.1 Å². The number of carbonyl (C=O) groups excluding carboxylic acids is 2. The van der Waals surface area contributed by atoms with Gasteiger partial charge in [-0.05, 0) is 36.8 Å². The van der Waals surface area contributed by atoms with Crippen LogP contribution in [0.1, 0.15) is 30.1 Å². The Morgan fingerprint density at radius 1 is 1.07 bits per heavy atom. The van der Waals surface area contributed by atoms with Gasteiger partial charge < -0.3 is 10.1 Å². The van der Waals surface area contributed by atoms with Crippen LogP contribution in [0, 0.1) is 0 Å². The number of anilines is 1. The second-order valence-corrected chi connectivity index (χ2v) is 7.24. The van der Waals surface area contributed by atoms with Crippen molar-refractivity contribution in [1.82, 2.24) is 4.98 Å². The number of rotatable bonds is 8. The van der Waals surface area contributed by atoms with Crippen molar-refractivity contribution in [2.75, 3.05) is 17.7 Å². The Balaban J connectivity index is 1.55. The molecule has 1 aromatic heterocycles. The van der Waals surface area contributed by atoms with Gasteiger partial charge in [0.25, 0.3) is 0 Å². The summed E-state index contributed by atoms with van der Waals surface area (Å²) in [6, 6.07) is 18.6. The summed E-state index contributed by atoms with van der Waals surface area (Å²) >= 11 is 1.37. The molecular formula is C22H22N2O3S. The number of amides is 1. The first kappa shape index (κ1) is 19.9. The summed E-state index contributed by atoms with van der Waals surface area (Å²) in [6.07, 6.45) is 1.80. The van der Waals surface area contributed by atoms with E-state index in [9.17, 15) is 9.59 Å². The van der Waals surface area contributed by atoms with Crippen LogP contribution in [0.3, 0.4) is 0 Å². The minimum atomic E-state index is -0.376. The molecule has 1 amide bonds. The molecule has 1 N–H and O–H groups in total. The van der Waals surface area contributed by atoms with Gasteiger partial charge >= 0.3 is 5.97 Å². The maximum Gasteiger partial charge on any atom is 0.338 e. The highest BCUT2D eigenvalue weighted by Crippen LogP contribution is 2.20. The van der Waals surface area contributed by atoms with E-state index >= 15 is 0 Å². The largest absolute Gasteiger partial charge is 0.462 e. The van der Waals surface area contributed by atoms with Crippen LogP contribution in [0.25, 0.3) is 10.9 Å². The Morgan fingerprint density at radius 2 is 1.93 bits per heavy atom. The van der Waals surface area contributed by atoms with Crippen molar-refractivity contribution < 1.29 is 14.3 Å². The summed E-state index contributed by atoms with van der Waals surface area (Å²) in [6.45, 7) is 2.44. The molecule has 1 heterocycles. The van der Waals surface area contributed by atoms with Crippen LogP contribution < -0.4 is 5.32 Å². The van der Waals surface area contributed by atoms with Gasteiger partial charge in [0.2, 0.25) is 5.91 Å². The molecule has 0 unspecified atom stereocenters. The molecule has 5 nitrogen and oxygen atoms in total. The van der Waals surface area contributed by atoms with Crippen LogP contribution in [0.5, 0.6) is 0 Å². The maximum atomic E-state index is 12.3. The lowest BCUT2D eigenvalue weighted by Crippen LogP contribution is -2.15. The van der Waals surface area contributed by atoms with Crippen LogP contribution in [-0.4, -0.2) is 29.2 Å². The van der Waals surface area contributed by atoms with Crippen LogP contribution in [0.15, 0.2) is 65.7 Å². The highest BCUT2D eigenvalue weighted by molar-refractivity contribution is 7.99. The predicted molar refractivity (Wildman–Crippen MR) is 113 cm³/mol. The van der Waals surface area contributed by atoms with Gasteiger partial charge in [0.05, 0.1) is 28.5 Å². The minimum Gasteiger partial charge on any atom is -0.462 e. The van der Waals surface area contributed by atoms with E-state index in [4.69, 9.17) is 4.74 Å². The quantitative estimate of drug-likeness (QED) is 0.334. The van der Waals surface area contributed by atoms with Crippen molar-refractivity contribution in [1.29, 1.82) is 0 Å². The molecule has 6 heteroatoms. The summed E-state index contributed by atoms with van der Waals surface area (Å²) in [5.74, 6) is -0.299. The summed E-state index contributed by atoms with van der Waals surface area (Å²) in [5.41, 5.74) is 1.90. The number of pyridine rings is 1. The third-order valence-corrected chi connectivity index (χ3v) is 4.97. The fourth-order valence-corrected chi connectivity index (χ4v) is 3.26. The molecule has 0 aliphatic carbocycles. The number of benzene rings is 2. The monoisotopic (exact) mass is 394 g/mol. The van der Waals surface area contributed by atoms with E-state index < -0.39 is 0 Å². The summed E-state index contributed by atoms with van der Waals surface area (Å²) in [7, 11) is 0. The SMILES string of the molecule is CCCCOC(=O)c1cccc(NC(=O)CSc2ccc3ccccc3n2)c1. The molecule has 0 spiro atoms. The number of unbranched alkanes of at least 4 members (excludes halogenated alkanes) is 1. The fourth-order valence-electron chi connectivity index (χ4n) is 2.58.